The maximum Gasteiger partial charge on any atom is 0.223 e. The SMILES string of the molecule is CC(C)CC(NC(=O)C1CCCCC1)c1cc(Cl)c(Cl)cc1S. The highest BCUT2D eigenvalue weighted by molar-refractivity contribution is 7.80. The van der Waals surface area contributed by atoms with Crippen molar-refractivity contribution in [3.05, 3.63) is 27.7 Å². The molecule has 2 nitrogen and oxygen atoms in total. The first-order chi connectivity index (χ1) is 10.9. The Hall–Kier alpha value is -0.380. The molecule has 0 radical (unpaired) electrons. The molecule has 0 aromatic heterocycles. The largest absolute Gasteiger partial charge is 0.349 e. The topological polar surface area (TPSA) is 29.1 Å². The molecule has 1 atom stereocenters. The third kappa shape index (κ3) is 5.30. The molecule has 1 aromatic carbocycles. The van der Waals surface area contributed by atoms with Gasteiger partial charge >= 0.3 is 0 Å². The minimum atomic E-state index is -0.0771. The molecular weight excluding hydrogens is 349 g/mol. The van der Waals surface area contributed by atoms with Crippen LogP contribution in [0.3, 0.4) is 0 Å². The van der Waals surface area contributed by atoms with Gasteiger partial charge in [-0.2, -0.15) is 0 Å². The van der Waals surface area contributed by atoms with E-state index < -0.39 is 0 Å². The van der Waals surface area contributed by atoms with Crippen LogP contribution in [0, 0.1) is 11.8 Å². The molecule has 1 unspecified atom stereocenters. The van der Waals surface area contributed by atoms with Crippen LogP contribution < -0.4 is 5.32 Å². The fourth-order valence-electron chi connectivity index (χ4n) is 3.22. The Morgan fingerprint density at radius 1 is 1.22 bits per heavy atom. The van der Waals surface area contributed by atoms with E-state index in [1.54, 1.807) is 6.07 Å². The van der Waals surface area contributed by atoms with Gasteiger partial charge in [-0.25, -0.2) is 0 Å². The van der Waals surface area contributed by atoms with Crippen LogP contribution in [0.1, 0.15) is 64.0 Å². The minimum absolute atomic E-state index is 0.0771. The molecular formula is C18H25Cl2NOS. The van der Waals surface area contributed by atoms with E-state index in [2.05, 4.69) is 31.8 Å². The lowest BCUT2D eigenvalue weighted by molar-refractivity contribution is -0.126. The summed E-state index contributed by atoms with van der Waals surface area (Å²) in [5.41, 5.74) is 0.945. The third-order valence-electron chi connectivity index (χ3n) is 4.44. The predicted octanol–water partition coefficient (Wildman–Crippen LogP) is 6.07. The average Bonchev–Trinajstić information content (AvgIpc) is 2.50. The Morgan fingerprint density at radius 3 is 2.43 bits per heavy atom. The molecule has 0 heterocycles. The highest BCUT2D eigenvalue weighted by Crippen LogP contribution is 2.34. The minimum Gasteiger partial charge on any atom is -0.349 e. The van der Waals surface area contributed by atoms with Crippen molar-refractivity contribution < 1.29 is 4.79 Å². The molecule has 1 aliphatic rings. The third-order valence-corrected chi connectivity index (χ3v) is 5.55. The Kier molecular flexibility index (Phi) is 7.12. The molecule has 1 fully saturated rings. The molecule has 0 spiro atoms. The molecule has 0 saturated heterocycles. The van der Waals surface area contributed by atoms with Crippen molar-refractivity contribution in [3.8, 4) is 0 Å². The van der Waals surface area contributed by atoms with Gasteiger partial charge in [-0.3, -0.25) is 4.79 Å². The number of thiol groups is 1. The van der Waals surface area contributed by atoms with Crippen molar-refractivity contribution in [1.82, 2.24) is 5.32 Å². The summed E-state index contributed by atoms with van der Waals surface area (Å²) in [6.07, 6.45) is 6.39. The number of benzene rings is 1. The molecule has 5 heteroatoms. The van der Waals surface area contributed by atoms with Gasteiger partial charge in [0, 0.05) is 10.8 Å². The van der Waals surface area contributed by atoms with Crippen LogP contribution in [-0.4, -0.2) is 5.91 Å². The van der Waals surface area contributed by atoms with E-state index in [1.807, 2.05) is 6.07 Å². The second kappa shape index (κ2) is 8.64. The van der Waals surface area contributed by atoms with E-state index in [9.17, 15) is 4.79 Å². The van der Waals surface area contributed by atoms with E-state index in [4.69, 9.17) is 23.2 Å². The number of amides is 1. The van der Waals surface area contributed by atoms with Crippen molar-refractivity contribution in [2.24, 2.45) is 11.8 Å². The zero-order valence-electron chi connectivity index (χ0n) is 13.7. The lowest BCUT2D eigenvalue weighted by Gasteiger charge is -2.27. The molecule has 0 aliphatic heterocycles. The summed E-state index contributed by atoms with van der Waals surface area (Å²) in [4.78, 5) is 13.4. The fraction of sp³-hybridized carbons (Fsp3) is 0.611. The smallest absolute Gasteiger partial charge is 0.223 e. The molecule has 0 bridgehead atoms. The zero-order chi connectivity index (χ0) is 17.0. The summed E-state index contributed by atoms with van der Waals surface area (Å²) in [5.74, 6) is 0.757. The number of nitrogens with one attached hydrogen (secondary N) is 1. The van der Waals surface area contributed by atoms with Gasteiger partial charge in [0.2, 0.25) is 5.91 Å². The summed E-state index contributed by atoms with van der Waals surface area (Å²) < 4.78 is 0. The molecule has 1 amide bonds. The number of hydrogen-bond donors (Lipinski definition) is 2. The first-order valence-electron chi connectivity index (χ1n) is 8.36. The van der Waals surface area contributed by atoms with Gasteiger partial charge in [0.25, 0.3) is 0 Å². The van der Waals surface area contributed by atoms with Gasteiger partial charge in [0.1, 0.15) is 0 Å². The number of carbonyl (C=O) groups excluding carboxylic acids is 1. The summed E-state index contributed by atoms with van der Waals surface area (Å²) >= 11 is 16.8. The van der Waals surface area contributed by atoms with Crippen LogP contribution in [0.25, 0.3) is 0 Å². The van der Waals surface area contributed by atoms with Crippen molar-refractivity contribution in [3.63, 3.8) is 0 Å². The van der Waals surface area contributed by atoms with E-state index in [0.717, 1.165) is 42.6 Å². The van der Waals surface area contributed by atoms with Crippen molar-refractivity contribution >= 4 is 41.7 Å². The highest BCUT2D eigenvalue weighted by Gasteiger charge is 2.25. The Balaban J connectivity index is 2.19. The van der Waals surface area contributed by atoms with Gasteiger partial charge in [-0.1, -0.05) is 56.3 Å². The molecule has 1 saturated carbocycles. The maximum atomic E-state index is 12.6. The molecule has 128 valence electrons. The van der Waals surface area contributed by atoms with Crippen molar-refractivity contribution in [2.45, 2.75) is 63.3 Å². The number of halogens is 2. The lowest BCUT2D eigenvalue weighted by Crippen LogP contribution is -2.35. The number of carbonyl (C=O) groups is 1. The average molecular weight is 374 g/mol. The van der Waals surface area contributed by atoms with Crippen LogP contribution in [-0.2, 0) is 4.79 Å². The van der Waals surface area contributed by atoms with Crippen LogP contribution >= 0.6 is 35.8 Å². The number of rotatable bonds is 5. The van der Waals surface area contributed by atoms with Gasteiger partial charge in [0.15, 0.2) is 0 Å². The van der Waals surface area contributed by atoms with Crippen molar-refractivity contribution in [2.75, 3.05) is 0 Å². The summed E-state index contributed by atoms with van der Waals surface area (Å²) in [6, 6.07) is 3.51. The van der Waals surface area contributed by atoms with Gasteiger partial charge in [0.05, 0.1) is 16.1 Å². The van der Waals surface area contributed by atoms with Crippen molar-refractivity contribution in [1.29, 1.82) is 0 Å². The monoisotopic (exact) mass is 373 g/mol. The fourth-order valence-corrected chi connectivity index (χ4v) is 3.98. The Morgan fingerprint density at radius 2 is 1.83 bits per heavy atom. The molecule has 2 rings (SSSR count). The first kappa shape index (κ1) is 19.0. The Labute approximate surface area is 154 Å². The highest BCUT2D eigenvalue weighted by atomic mass is 35.5. The van der Waals surface area contributed by atoms with Gasteiger partial charge < -0.3 is 5.32 Å². The summed E-state index contributed by atoms with van der Waals surface area (Å²) in [6.45, 7) is 4.30. The second-order valence-corrected chi connectivity index (χ2v) is 8.15. The zero-order valence-corrected chi connectivity index (χ0v) is 16.1. The Bertz CT molecular complexity index is 556. The van der Waals surface area contributed by atoms with Gasteiger partial charge in [-0.05, 0) is 42.9 Å². The van der Waals surface area contributed by atoms with Crippen LogP contribution in [0.4, 0.5) is 0 Å². The van der Waals surface area contributed by atoms with E-state index in [1.165, 1.54) is 6.42 Å². The first-order valence-corrected chi connectivity index (χ1v) is 9.57. The van der Waals surface area contributed by atoms with E-state index in [0.29, 0.717) is 16.0 Å². The van der Waals surface area contributed by atoms with Crippen LogP contribution in [0.2, 0.25) is 10.0 Å². The summed E-state index contributed by atoms with van der Waals surface area (Å²) in [7, 11) is 0. The predicted molar refractivity (Wildman–Crippen MR) is 101 cm³/mol. The van der Waals surface area contributed by atoms with Gasteiger partial charge in [-0.15, -0.1) is 12.6 Å². The standard InChI is InChI=1S/C18H25Cl2NOS/c1-11(2)8-16(13-9-14(19)15(20)10-17(13)23)21-18(22)12-6-4-3-5-7-12/h9-12,16,23H,3-8H2,1-2H3,(H,21,22). The molecule has 1 aromatic rings. The van der Waals surface area contributed by atoms with Crippen LogP contribution in [0.5, 0.6) is 0 Å². The molecule has 1 N–H and O–H groups in total. The maximum absolute atomic E-state index is 12.6. The van der Waals surface area contributed by atoms with E-state index >= 15 is 0 Å². The van der Waals surface area contributed by atoms with Crippen LogP contribution in [0.15, 0.2) is 17.0 Å². The molecule has 23 heavy (non-hydrogen) atoms. The normalized spacial score (nSPS) is 17.3. The quantitative estimate of drug-likeness (QED) is 0.602. The second-order valence-electron chi connectivity index (χ2n) is 6.85. The summed E-state index contributed by atoms with van der Waals surface area (Å²) in [5, 5.41) is 4.22. The lowest BCUT2D eigenvalue weighted by atomic mass is 9.88. The molecule has 1 aliphatic carbocycles. The number of hydrogen-bond acceptors (Lipinski definition) is 2. The van der Waals surface area contributed by atoms with E-state index in [-0.39, 0.29) is 17.9 Å².